The van der Waals surface area contributed by atoms with E-state index >= 15 is 0 Å². The van der Waals surface area contributed by atoms with Gasteiger partial charge in [-0.3, -0.25) is 9.52 Å². The van der Waals surface area contributed by atoms with Gasteiger partial charge in [0.1, 0.15) is 5.82 Å². The number of amides is 1. The lowest BCUT2D eigenvalue weighted by Crippen LogP contribution is -2.30. The fourth-order valence-corrected chi connectivity index (χ4v) is 2.77. The first-order chi connectivity index (χ1) is 12.5. The third-order valence-corrected chi connectivity index (χ3v) is 4.19. The minimum Gasteiger partial charge on any atom is -0.449 e. The number of halogens is 2. The molecule has 0 radical (unpaired) electrons. The largest absolute Gasteiger partial charge is 0.449 e. The highest BCUT2D eigenvalue weighted by atomic mass is 35.5. The fourth-order valence-electron chi connectivity index (χ4n) is 2.00. The van der Waals surface area contributed by atoms with Gasteiger partial charge in [-0.1, -0.05) is 11.6 Å². The maximum absolute atomic E-state index is 13.0. The maximum atomic E-state index is 13.0. The monoisotopic (exact) mass is 414 g/mol. The van der Waals surface area contributed by atoms with Crippen LogP contribution in [0.2, 0.25) is 5.02 Å². The maximum Gasteiger partial charge on any atom is 0.338 e. The van der Waals surface area contributed by atoms with E-state index in [0.29, 0.717) is 0 Å². The minimum atomic E-state index is -3.43. The Hall–Kier alpha value is -2.65. The Labute approximate surface area is 160 Å². The van der Waals surface area contributed by atoms with Gasteiger partial charge in [0.25, 0.3) is 5.91 Å². The van der Waals surface area contributed by atoms with Gasteiger partial charge in [0.15, 0.2) is 6.10 Å². The Balaban J connectivity index is 1.98. The standard InChI is InChI=1S/C17H16ClFN2O5S/c1-10(16(22)20-15-8-5-12(19)9-14(15)18)26-17(23)11-3-6-13(7-4-11)21-27(2,24)25/h3-10,21H,1-2H3,(H,20,22)/t10-/m1/s1. The number of nitrogens with one attached hydrogen (secondary N) is 2. The third-order valence-electron chi connectivity index (χ3n) is 3.27. The molecule has 0 aliphatic rings. The smallest absolute Gasteiger partial charge is 0.338 e. The van der Waals surface area contributed by atoms with E-state index in [0.717, 1.165) is 18.4 Å². The van der Waals surface area contributed by atoms with E-state index in [4.69, 9.17) is 16.3 Å². The molecule has 2 aromatic carbocycles. The second-order valence-electron chi connectivity index (χ2n) is 5.61. The summed E-state index contributed by atoms with van der Waals surface area (Å²) >= 11 is 5.83. The van der Waals surface area contributed by atoms with Crippen molar-refractivity contribution in [2.75, 3.05) is 16.3 Å². The van der Waals surface area contributed by atoms with Crippen LogP contribution in [0.4, 0.5) is 15.8 Å². The lowest BCUT2D eigenvalue weighted by molar-refractivity contribution is -0.123. The molecular formula is C17H16ClFN2O5S. The van der Waals surface area contributed by atoms with E-state index in [-0.39, 0.29) is 22.0 Å². The van der Waals surface area contributed by atoms with Gasteiger partial charge in [-0.2, -0.15) is 0 Å². The summed E-state index contributed by atoms with van der Waals surface area (Å²) < 4.78 is 42.7. The molecule has 27 heavy (non-hydrogen) atoms. The second-order valence-corrected chi connectivity index (χ2v) is 7.77. The Morgan fingerprint density at radius 3 is 2.33 bits per heavy atom. The Kier molecular flexibility index (Phi) is 6.40. The van der Waals surface area contributed by atoms with Crippen molar-refractivity contribution >= 4 is 44.9 Å². The Morgan fingerprint density at radius 2 is 1.78 bits per heavy atom. The van der Waals surface area contributed by atoms with Crippen LogP contribution in [-0.2, 0) is 19.6 Å². The van der Waals surface area contributed by atoms with Crippen LogP contribution in [0.5, 0.6) is 0 Å². The first kappa shape index (κ1) is 20.7. The van der Waals surface area contributed by atoms with Crippen molar-refractivity contribution in [1.29, 1.82) is 0 Å². The van der Waals surface area contributed by atoms with Gasteiger partial charge in [0.05, 0.1) is 22.5 Å². The predicted molar refractivity (Wildman–Crippen MR) is 99.8 cm³/mol. The lowest BCUT2D eigenvalue weighted by Gasteiger charge is -2.14. The lowest BCUT2D eigenvalue weighted by atomic mass is 10.2. The predicted octanol–water partition coefficient (Wildman–Crippen LogP) is 3.03. The summed E-state index contributed by atoms with van der Waals surface area (Å²) in [6.45, 7) is 1.37. The Morgan fingerprint density at radius 1 is 1.15 bits per heavy atom. The van der Waals surface area contributed by atoms with Crippen molar-refractivity contribution in [3.05, 3.63) is 58.9 Å². The van der Waals surface area contributed by atoms with Crippen LogP contribution in [0, 0.1) is 5.82 Å². The van der Waals surface area contributed by atoms with Gasteiger partial charge in [0, 0.05) is 5.69 Å². The van der Waals surface area contributed by atoms with E-state index in [1.165, 1.54) is 37.3 Å². The highest BCUT2D eigenvalue weighted by molar-refractivity contribution is 7.92. The van der Waals surface area contributed by atoms with Crippen LogP contribution in [-0.4, -0.2) is 32.7 Å². The van der Waals surface area contributed by atoms with Crippen molar-refractivity contribution < 1.29 is 27.1 Å². The molecular weight excluding hydrogens is 399 g/mol. The molecule has 0 saturated heterocycles. The van der Waals surface area contributed by atoms with Crippen LogP contribution in [0.25, 0.3) is 0 Å². The highest BCUT2D eigenvalue weighted by Crippen LogP contribution is 2.22. The topological polar surface area (TPSA) is 102 Å². The second kappa shape index (κ2) is 8.36. The zero-order valence-electron chi connectivity index (χ0n) is 14.3. The number of anilines is 2. The summed E-state index contributed by atoms with van der Waals surface area (Å²) in [5, 5.41) is 2.45. The summed E-state index contributed by atoms with van der Waals surface area (Å²) in [5.74, 6) is -1.97. The molecule has 0 aromatic heterocycles. The minimum absolute atomic E-state index is 0.0100. The number of benzene rings is 2. The number of rotatable bonds is 6. The van der Waals surface area contributed by atoms with E-state index in [2.05, 4.69) is 10.0 Å². The SMILES string of the molecule is C[C@@H](OC(=O)c1ccc(NS(C)(=O)=O)cc1)C(=O)Nc1ccc(F)cc1Cl. The number of sulfonamides is 1. The average molecular weight is 415 g/mol. The number of ether oxygens (including phenoxy) is 1. The number of carbonyl (C=O) groups is 2. The molecule has 2 aromatic rings. The first-order valence-corrected chi connectivity index (χ1v) is 9.87. The Bertz CT molecular complexity index is 964. The number of hydrogen-bond donors (Lipinski definition) is 2. The molecule has 0 saturated carbocycles. The van der Waals surface area contributed by atoms with Crippen LogP contribution in [0.1, 0.15) is 17.3 Å². The fraction of sp³-hybridized carbons (Fsp3) is 0.176. The van der Waals surface area contributed by atoms with E-state index in [1.54, 1.807) is 0 Å². The molecule has 0 unspecified atom stereocenters. The van der Waals surface area contributed by atoms with E-state index in [1.807, 2.05) is 0 Å². The van der Waals surface area contributed by atoms with Gasteiger partial charge in [-0.25, -0.2) is 17.6 Å². The molecule has 0 bridgehead atoms. The molecule has 0 aliphatic heterocycles. The number of carbonyl (C=O) groups excluding carboxylic acids is 2. The van der Waals surface area contributed by atoms with Crippen LogP contribution in [0.15, 0.2) is 42.5 Å². The zero-order chi connectivity index (χ0) is 20.2. The molecule has 0 aliphatic carbocycles. The molecule has 0 spiro atoms. The van der Waals surface area contributed by atoms with Gasteiger partial charge in [0.2, 0.25) is 10.0 Å². The summed E-state index contributed by atoms with van der Waals surface area (Å²) in [6.07, 6.45) is -0.143. The van der Waals surface area contributed by atoms with Crippen LogP contribution >= 0.6 is 11.6 Å². The van der Waals surface area contributed by atoms with Crippen molar-refractivity contribution in [1.82, 2.24) is 0 Å². The van der Waals surface area contributed by atoms with Crippen molar-refractivity contribution in [2.24, 2.45) is 0 Å². The molecule has 144 valence electrons. The van der Waals surface area contributed by atoms with Crippen LogP contribution < -0.4 is 10.0 Å². The van der Waals surface area contributed by atoms with Crippen LogP contribution in [0.3, 0.4) is 0 Å². The van der Waals surface area contributed by atoms with Crippen molar-refractivity contribution in [3.63, 3.8) is 0 Å². The van der Waals surface area contributed by atoms with E-state index < -0.39 is 33.8 Å². The molecule has 0 heterocycles. The summed E-state index contributed by atoms with van der Waals surface area (Å²) in [7, 11) is -3.43. The van der Waals surface area contributed by atoms with Gasteiger partial charge in [-0.15, -0.1) is 0 Å². The summed E-state index contributed by atoms with van der Waals surface area (Å²) in [6, 6.07) is 8.96. The molecule has 7 nitrogen and oxygen atoms in total. The van der Waals surface area contributed by atoms with E-state index in [9.17, 15) is 22.4 Å². The molecule has 1 amide bonds. The van der Waals surface area contributed by atoms with Crippen molar-refractivity contribution in [2.45, 2.75) is 13.0 Å². The zero-order valence-corrected chi connectivity index (χ0v) is 15.9. The molecule has 1 atom stereocenters. The van der Waals surface area contributed by atoms with Crippen molar-refractivity contribution in [3.8, 4) is 0 Å². The molecule has 2 rings (SSSR count). The third kappa shape index (κ3) is 6.22. The summed E-state index contributed by atoms with van der Waals surface area (Å²) in [4.78, 5) is 24.2. The van der Waals surface area contributed by atoms with Gasteiger partial charge < -0.3 is 10.1 Å². The van der Waals surface area contributed by atoms with Gasteiger partial charge >= 0.3 is 5.97 Å². The number of esters is 1. The molecule has 2 N–H and O–H groups in total. The molecule has 10 heteroatoms. The average Bonchev–Trinajstić information content (AvgIpc) is 2.56. The highest BCUT2D eigenvalue weighted by Gasteiger charge is 2.20. The number of hydrogen-bond acceptors (Lipinski definition) is 5. The quantitative estimate of drug-likeness (QED) is 0.707. The normalized spacial score (nSPS) is 12.1. The first-order valence-electron chi connectivity index (χ1n) is 7.60. The summed E-state index contributed by atoms with van der Waals surface area (Å²) in [5.41, 5.74) is 0.599. The van der Waals surface area contributed by atoms with Gasteiger partial charge in [-0.05, 0) is 49.4 Å². The molecule has 0 fully saturated rings.